The van der Waals surface area contributed by atoms with Crippen molar-refractivity contribution in [2.24, 2.45) is 5.92 Å². The van der Waals surface area contributed by atoms with Gasteiger partial charge in [0, 0.05) is 35.2 Å². The third kappa shape index (κ3) is 2.00. The Morgan fingerprint density at radius 3 is 3.00 bits per heavy atom. The third-order valence-electron chi connectivity index (χ3n) is 5.23. The number of ether oxygens (including phenoxy) is 1. The van der Waals surface area contributed by atoms with Crippen molar-refractivity contribution in [2.75, 3.05) is 11.9 Å². The van der Waals surface area contributed by atoms with Crippen LogP contribution in [0, 0.1) is 11.7 Å². The fourth-order valence-electron chi connectivity index (χ4n) is 4.15. The largest absolute Gasteiger partial charge is 0.376 e. The van der Waals surface area contributed by atoms with Gasteiger partial charge in [0.25, 0.3) is 0 Å². The number of H-pyrrole nitrogens is 1. The van der Waals surface area contributed by atoms with Crippen molar-refractivity contribution in [2.45, 2.75) is 18.6 Å². The molecule has 1 saturated heterocycles. The third-order valence-corrected chi connectivity index (χ3v) is 5.54. The van der Waals surface area contributed by atoms with Gasteiger partial charge in [-0.05, 0) is 36.2 Å². The number of halogens is 2. The number of para-hydroxylation sites is 1. The fourth-order valence-corrected chi connectivity index (χ4v) is 4.38. The molecule has 3 nitrogen and oxygen atoms in total. The Kier molecular flexibility index (Phi) is 3.12. The maximum atomic E-state index is 13.5. The van der Waals surface area contributed by atoms with Crippen molar-refractivity contribution in [1.29, 1.82) is 0 Å². The zero-order valence-corrected chi connectivity index (χ0v) is 13.6. The van der Waals surface area contributed by atoms with E-state index in [-0.39, 0.29) is 18.0 Å². The summed E-state index contributed by atoms with van der Waals surface area (Å²) in [5.41, 5.74) is 4.03. The number of hydrogen-bond acceptors (Lipinski definition) is 2. The summed E-state index contributed by atoms with van der Waals surface area (Å²) >= 11 is 6.42. The van der Waals surface area contributed by atoms with Gasteiger partial charge in [-0.15, -0.1) is 0 Å². The van der Waals surface area contributed by atoms with E-state index in [1.54, 1.807) is 0 Å². The summed E-state index contributed by atoms with van der Waals surface area (Å²) in [6.07, 6.45) is 3.01. The molecule has 0 bridgehead atoms. The summed E-state index contributed by atoms with van der Waals surface area (Å²) < 4.78 is 19.5. The highest BCUT2D eigenvalue weighted by Crippen LogP contribution is 2.52. The molecule has 1 aromatic heterocycles. The van der Waals surface area contributed by atoms with Crippen LogP contribution in [0.25, 0.3) is 10.9 Å². The lowest BCUT2D eigenvalue weighted by Crippen LogP contribution is -2.29. The maximum Gasteiger partial charge on any atom is 0.125 e. The van der Waals surface area contributed by atoms with E-state index in [0.29, 0.717) is 10.9 Å². The van der Waals surface area contributed by atoms with Crippen molar-refractivity contribution in [3.63, 3.8) is 0 Å². The van der Waals surface area contributed by atoms with Crippen LogP contribution in [0.3, 0.4) is 0 Å². The standard InChI is InChI=1S/C19H16ClFN2O/c20-15-3-1-2-12-18(15)23-17(13-6-7-24-19(12)13)14-9-22-16-8-10(21)4-5-11(14)16/h1-5,8-9,13,17,19,22-23H,6-7H2/t13-,17+,19+/m0/s1. The number of benzene rings is 2. The summed E-state index contributed by atoms with van der Waals surface area (Å²) in [4.78, 5) is 3.19. The molecule has 0 unspecified atom stereocenters. The molecule has 122 valence electrons. The molecule has 0 saturated carbocycles. The lowest BCUT2D eigenvalue weighted by atomic mass is 9.81. The lowest BCUT2D eigenvalue weighted by Gasteiger charge is -2.36. The summed E-state index contributed by atoms with van der Waals surface area (Å²) in [6.45, 7) is 0.746. The highest BCUT2D eigenvalue weighted by molar-refractivity contribution is 6.33. The zero-order chi connectivity index (χ0) is 16.3. The number of fused-ring (bicyclic) bond motifs is 4. The molecule has 2 aliphatic rings. The Morgan fingerprint density at radius 2 is 2.08 bits per heavy atom. The molecular formula is C19H16ClFN2O. The number of nitrogens with one attached hydrogen (secondary N) is 2. The van der Waals surface area contributed by atoms with Gasteiger partial charge in [-0.25, -0.2) is 4.39 Å². The van der Waals surface area contributed by atoms with E-state index in [1.165, 1.54) is 12.1 Å². The predicted octanol–water partition coefficient (Wildman–Crippen LogP) is 5.20. The molecule has 2 aromatic carbocycles. The quantitative estimate of drug-likeness (QED) is 0.637. The Bertz CT molecular complexity index is 938. The van der Waals surface area contributed by atoms with Gasteiger partial charge < -0.3 is 15.0 Å². The van der Waals surface area contributed by atoms with Crippen molar-refractivity contribution < 1.29 is 9.13 Å². The minimum Gasteiger partial charge on any atom is -0.376 e. The number of aromatic amines is 1. The summed E-state index contributed by atoms with van der Waals surface area (Å²) in [5, 5.41) is 5.36. The van der Waals surface area contributed by atoms with Crippen molar-refractivity contribution in [3.05, 3.63) is 64.6 Å². The van der Waals surface area contributed by atoms with Crippen LogP contribution < -0.4 is 5.32 Å². The van der Waals surface area contributed by atoms with E-state index in [4.69, 9.17) is 16.3 Å². The molecule has 2 N–H and O–H groups in total. The molecule has 0 spiro atoms. The monoisotopic (exact) mass is 342 g/mol. The second-order valence-electron chi connectivity index (χ2n) is 6.50. The van der Waals surface area contributed by atoms with Gasteiger partial charge in [-0.1, -0.05) is 23.7 Å². The Labute approximate surface area is 143 Å². The highest BCUT2D eigenvalue weighted by atomic mass is 35.5. The molecule has 5 heteroatoms. The molecule has 24 heavy (non-hydrogen) atoms. The first-order valence-electron chi connectivity index (χ1n) is 8.15. The maximum absolute atomic E-state index is 13.5. The minimum absolute atomic E-state index is 0.0512. The van der Waals surface area contributed by atoms with Gasteiger partial charge in [0.1, 0.15) is 5.82 Å². The second kappa shape index (κ2) is 5.23. The van der Waals surface area contributed by atoms with Gasteiger partial charge >= 0.3 is 0 Å². The van der Waals surface area contributed by atoms with Crippen LogP contribution in [-0.2, 0) is 4.74 Å². The van der Waals surface area contributed by atoms with E-state index in [2.05, 4.69) is 16.4 Å². The average molecular weight is 343 g/mol. The SMILES string of the molecule is Fc1ccc2c([C@@H]3Nc4c(Cl)cccc4[C@H]4OCC[C@H]43)c[nH]c2c1. The van der Waals surface area contributed by atoms with Crippen LogP contribution in [-0.4, -0.2) is 11.6 Å². The molecule has 3 heterocycles. The van der Waals surface area contributed by atoms with E-state index in [1.807, 2.05) is 24.4 Å². The van der Waals surface area contributed by atoms with Crippen LogP contribution in [0.15, 0.2) is 42.6 Å². The molecule has 2 aliphatic heterocycles. The van der Waals surface area contributed by atoms with Gasteiger partial charge in [-0.2, -0.15) is 0 Å². The van der Waals surface area contributed by atoms with Crippen LogP contribution in [0.5, 0.6) is 0 Å². The van der Waals surface area contributed by atoms with Gasteiger partial charge in [-0.3, -0.25) is 0 Å². The molecule has 3 atom stereocenters. The van der Waals surface area contributed by atoms with E-state index in [9.17, 15) is 4.39 Å². The Morgan fingerprint density at radius 1 is 1.17 bits per heavy atom. The number of aromatic nitrogens is 1. The molecule has 3 aromatic rings. The highest BCUT2D eigenvalue weighted by Gasteiger charge is 2.42. The molecule has 0 radical (unpaired) electrons. The van der Waals surface area contributed by atoms with Crippen molar-refractivity contribution >= 4 is 28.2 Å². The molecule has 0 aliphatic carbocycles. The van der Waals surface area contributed by atoms with Crippen molar-refractivity contribution in [3.8, 4) is 0 Å². The van der Waals surface area contributed by atoms with Crippen LogP contribution >= 0.6 is 11.6 Å². The van der Waals surface area contributed by atoms with E-state index < -0.39 is 0 Å². The normalized spacial score (nSPS) is 25.3. The van der Waals surface area contributed by atoms with Crippen LogP contribution in [0.2, 0.25) is 5.02 Å². The number of hydrogen-bond donors (Lipinski definition) is 2. The van der Waals surface area contributed by atoms with Crippen molar-refractivity contribution in [1.82, 2.24) is 4.98 Å². The van der Waals surface area contributed by atoms with E-state index in [0.717, 1.165) is 40.7 Å². The minimum atomic E-state index is -0.233. The van der Waals surface area contributed by atoms with Gasteiger partial charge in [0.2, 0.25) is 0 Å². The first kappa shape index (κ1) is 14.3. The fraction of sp³-hybridized carbons (Fsp3) is 0.263. The molecular weight excluding hydrogens is 327 g/mol. The molecule has 5 rings (SSSR count). The zero-order valence-electron chi connectivity index (χ0n) is 12.9. The van der Waals surface area contributed by atoms with Gasteiger partial charge in [0.15, 0.2) is 0 Å². The first-order valence-corrected chi connectivity index (χ1v) is 8.53. The average Bonchev–Trinajstić information content (AvgIpc) is 3.21. The Balaban J connectivity index is 1.66. The summed E-state index contributed by atoms with van der Waals surface area (Å²) in [7, 11) is 0. The van der Waals surface area contributed by atoms with Gasteiger partial charge in [0.05, 0.1) is 22.9 Å². The first-order chi connectivity index (χ1) is 11.7. The van der Waals surface area contributed by atoms with E-state index >= 15 is 0 Å². The number of anilines is 1. The van der Waals surface area contributed by atoms with Crippen LogP contribution in [0.4, 0.5) is 10.1 Å². The Hall–Kier alpha value is -2.04. The smallest absolute Gasteiger partial charge is 0.125 e. The number of rotatable bonds is 1. The van der Waals surface area contributed by atoms with Crippen LogP contribution in [0.1, 0.15) is 29.7 Å². The molecule has 0 amide bonds. The summed E-state index contributed by atoms with van der Waals surface area (Å²) in [6, 6.07) is 10.9. The lowest BCUT2D eigenvalue weighted by molar-refractivity contribution is 0.0830. The summed E-state index contributed by atoms with van der Waals surface area (Å²) in [5.74, 6) is 0.1000. The molecule has 1 fully saturated rings. The second-order valence-corrected chi connectivity index (χ2v) is 6.91. The topological polar surface area (TPSA) is 37.0 Å². The predicted molar refractivity (Wildman–Crippen MR) is 92.9 cm³/mol.